The van der Waals surface area contributed by atoms with Crippen LogP contribution in [0.2, 0.25) is 0 Å². The first kappa shape index (κ1) is 19.0. The van der Waals surface area contributed by atoms with E-state index in [-0.39, 0.29) is 5.75 Å². The van der Waals surface area contributed by atoms with Gasteiger partial charge < -0.3 is 30.0 Å². The summed E-state index contributed by atoms with van der Waals surface area (Å²) in [5.74, 6) is 2.41. The van der Waals surface area contributed by atoms with Gasteiger partial charge in [0.1, 0.15) is 12.1 Å². The van der Waals surface area contributed by atoms with Gasteiger partial charge in [-0.25, -0.2) is 9.97 Å². The number of phenolic OH excluding ortho intramolecular Hbond substituents is 1. The van der Waals surface area contributed by atoms with Crippen molar-refractivity contribution in [2.24, 2.45) is 0 Å². The van der Waals surface area contributed by atoms with Crippen LogP contribution in [-0.4, -0.2) is 41.4 Å². The van der Waals surface area contributed by atoms with Crippen LogP contribution in [0.3, 0.4) is 0 Å². The van der Waals surface area contributed by atoms with Crippen molar-refractivity contribution >= 4 is 23.3 Å². The van der Waals surface area contributed by atoms with Gasteiger partial charge >= 0.3 is 0 Å². The molecule has 0 amide bonds. The number of nitrogens with one attached hydrogen (secondary N) is 2. The molecule has 3 aromatic rings. The number of hydrogen-bond acceptors (Lipinski definition) is 9. The molecule has 0 atom stereocenters. The highest BCUT2D eigenvalue weighted by Gasteiger charge is 2.14. The molecule has 0 fully saturated rings. The standard InChI is InChI=1S/C19H21N5O4/c1-11-7-13(25)5-6-14(11)23-19-21-10-20-18(24-19)22-12-8-15(26-2)17(28-4)16(9-12)27-3/h5-10,25H,1-4H3,(H2,20,21,22,23,24). The van der Waals surface area contributed by atoms with E-state index in [1.165, 1.54) is 6.33 Å². The van der Waals surface area contributed by atoms with E-state index in [1.54, 1.807) is 51.7 Å². The number of anilines is 4. The molecule has 0 saturated heterocycles. The van der Waals surface area contributed by atoms with E-state index < -0.39 is 0 Å². The van der Waals surface area contributed by atoms with Gasteiger partial charge in [-0.15, -0.1) is 0 Å². The second kappa shape index (κ2) is 8.30. The summed E-state index contributed by atoms with van der Waals surface area (Å²) in [7, 11) is 4.64. The zero-order valence-electron chi connectivity index (χ0n) is 16.0. The number of aromatic nitrogens is 3. The second-order valence-corrected chi connectivity index (χ2v) is 5.80. The lowest BCUT2D eigenvalue weighted by molar-refractivity contribution is 0.324. The number of rotatable bonds is 7. The van der Waals surface area contributed by atoms with Gasteiger partial charge in [0.25, 0.3) is 0 Å². The van der Waals surface area contributed by atoms with Crippen LogP contribution in [-0.2, 0) is 0 Å². The summed E-state index contributed by atoms with van der Waals surface area (Å²) in [6.07, 6.45) is 1.39. The van der Waals surface area contributed by atoms with Crippen molar-refractivity contribution in [2.75, 3.05) is 32.0 Å². The lowest BCUT2D eigenvalue weighted by Gasteiger charge is -2.14. The molecule has 0 aliphatic rings. The third-order valence-electron chi connectivity index (χ3n) is 3.95. The Morgan fingerprint density at radius 2 is 1.50 bits per heavy atom. The summed E-state index contributed by atoms with van der Waals surface area (Å²) < 4.78 is 16.0. The van der Waals surface area contributed by atoms with Gasteiger partial charge in [-0.3, -0.25) is 0 Å². The lowest BCUT2D eigenvalue weighted by atomic mass is 10.2. The van der Waals surface area contributed by atoms with E-state index in [1.807, 2.05) is 6.92 Å². The zero-order valence-corrected chi connectivity index (χ0v) is 16.0. The normalized spacial score (nSPS) is 10.3. The second-order valence-electron chi connectivity index (χ2n) is 5.80. The molecular weight excluding hydrogens is 362 g/mol. The maximum Gasteiger partial charge on any atom is 0.232 e. The highest BCUT2D eigenvalue weighted by Crippen LogP contribution is 2.40. The molecule has 3 rings (SSSR count). The first-order valence-electron chi connectivity index (χ1n) is 8.36. The zero-order chi connectivity index (χ0) is 20.1. The van der Waals surface area contributed by atoms with Crippen molar-refractivity contribution in [3.05, 3.63) is 42.2 Å². The predicted octanol–water partition coefficient (Wildman–Crippen LogP) is 3.40. The molecule has 0 unspecified atom stereocenters. The van der Waals surface area contributed by atoms with E-state index >= 15 is 0 Å². The van der Waals surface area contributed by atoms with Crippen molar-refractivity contribution in [3.63, 3.8) is 0 Å². The number of benzene rings is 2. The maximum atomic E-state index is 9.53. The topological polar surface area (TPSA) is 111 Å². The average molecular weight is 383 g/mol. The molecule has 9 nitrogen and oxygen atoms in total. The van der Waals surface area contributed by atoms with Crippen LogP contribution in [0.4, 0.5) is 23.3 Å². The predicted molar refractivity (Wildman–Crippen MR) is 105 cm³/mol. The van der Waals surface area contributed by atoms with Crippen LogP contribution in [0.15, 0.2) is 36.7 Å². The van der Waals surface area contributed by atoms with Gasteiger partial charge in [-0.05, 0) is 30.7 Å². The maximum absolute atomic E-state index is 9.53. The van der Waals surface area contributed by atoms with Gasteiger partial charge in [0.15, 0.2) is 11.5 Å². The number of nitrogens with zero attached hydrogens (tertiary/aromatic N) is 3. The molecule has 2 aromatic carbocycles. The third-order valence-corrected chi connectivity index (χ3v) is 3.95. The van der Waals surface area contributed by atoms with E-state index in [2.05, 4.69) is 25.6 Å². The number of methoxy groups -OCH3 is 3. The first-order valence-corrected chi connectivity index (χ1v) is 8.36. The molecule has 1 aromatic heterocycles. The number of ether oxygens (including phenoxy) is 3. The number of phenols is 1. The smallest absolute Gasteiger partial charge is 0.232 e. The molecule has 9 heteroatoms. The highest BCUT2D eigenvalue weighted by molar-refractivity contribution is 5.66. The highest BCUT2D eigenvalue weighted by atomic mass is 16.5. The van der Waals surface area contributed by atoms with E-state index in [0.29, 0.717) is 34.8 Å². The fraction of sp³-hybridized carbons (Fsp3) is 0.211. The van der Waals surface area contributed by atoms with Crippen molar-refractivity contribution in [1.29, 1.82) is 0 Å². The molecule has 0 radical (unpaired) electrons. The van der Waals surface area contributed by atoms with Crippen LogP contribution < -0.4 is 24.8 Å². The Morgan fingerprint density at radius 3 is 2.07 bits per heavy atom. The van der Waals surface area contributed by atoms with Crippen LogP contribution in [0.5, 0.6) is 23.0 Å². The molecule has 0 aliphatic carbocycles. The Balaban J connectivity index is 1.85. The fourth-order valence-electron chi connectivity index (χ4n) is 2.61. The van der Waals surface area contributed by atoms with Crippen molar-refractivity contribution in [3.8, 4) is 23.0 Å². The Labute approximate surface area is 162 Å². The molecular formula is C19H21N5O4. The van der Waals surface area contributed by atoms with Crippen molar-refractivity contribution in [1.82, 2.24) is 15.0 Å². The lowest BCUT2D eigenvalue weighted by Crippen LogP contribution is -2.04. The van der Waals surface area contributed by atoms with Crippen LogP contribution >= 0.6 is 0 Å². The molecule has 0 spiro atoms. The summed E-state index contributed by atoms with van der Waals surface area (Å²) in [5, 5.41) is 15.7. The summed E-state index contributed by atoms with van der Waals surface area (Å²) in [5.41, 5.74) is 2.30. The largest absolute Gasteiger partial charge is 0.508 e. The van der Waals surface area contributed by atoms with Gasteiger partial charge in [0.05, 0.1) is 21.3 Å². The molecule has 146 valence electrons. The quantitative estimate of drug-likeness (QED) is 0.529. The van der Waals surface area contributed by atoms with E-state index in [9.17, 15) is 5.11 Å². The summed E-state index contributed by atoms with van der Waals surface area (Å²) >= 11 is 0. The minimum atomic E-state index is 0.198. The van der Waals surface area contributed by atoms with Gasteiger partial charge in [-0.1, -0.05) is 0 Å². The monoisotopic (exact) mass is 383 g/mol. The third kappa shape index (κ3) is 4.14. The first-order chi connectivity index (χ1) is 13.5. The summed E-state index contributed by atoms with van der Waals surface area (Å²) in [4.78, 5) is 12.6. The van der Waals surface area contributed by atoms with Gasteiger partial charge in [0.2, 0.25) is 17.6 Å². The molecule has 0 saturated carbocycles. The van der Waals surface area contributed by atoms with E-state index in [4.69, 9.17) is 14.2 Å². The molecule has 0 aliphatic heterocycles. The number of hydrogen-bond donors (Lipinski definition) is 3. The summed E-state index contributed by atoms with van der Waals surface area (Å²) in [6.45, 7) is 1.87. The fourth-order valence-corrected chi connectivity index (χ4v) is 2.61. The minimum Gasteiger partial charge on any atom is -0.508 e. The van der Waals surface area contributed by atoms with Crippen molar-refractivity contribution in [2.45, 2.75) is 6.92 Å². The average Bonchev–Trinajstić information content (AvgIpc) is 2.69. The molecule has 0 bridgehead atoms. The molecule has 3 N–H and O–H groups in total. The Hall–Kier alpha value is -3.75. The van der Waals surface area contributed by atoms with E-state index in [0.717, 1.165) is 11.3 Å². The SMILES string of the molecule is COc1cc(Nc2ncnc(Nc3ccc(O)cc3C)n2)cc(OC)c1OC. The Morgan fingerprint density at radius 1 is 0.857 bits per heavy atom. The Kier molecular flexibility index (Phi) is 5.64. The van der Waals surface area contributed by atoms with Crippen molar-refractivity contribution < 1.29 is 19.3 Å². The van der Waals surface area contributed by atoms with Crippen LogP contribution in [0.1, 0.15) is 5.56 Å². The molecule has 28 heavy (non-hydrogen) atoms. The van der Waals surface area contributed by atoms with Gasteiger partial charge in [-0.2, -0.15) is 4.98 Å². The minimum absolute atomic E-state index is 0.198. The Bertz CT molecular complexity index is 955. The van der Waals surface area contributed by atoms with Crippen LogP contribution in [0, 0.1) is 6.92 Å². The summed E-state index contributed by atoms with van der Waals surface area (Å²) in [6, 6.07) is 8.50. The molecule has 1 heterocycles. The number of aromatic hydroxyl groups is 1. The van der Waals surface area contributed by atoms with Gasteiger partial charge in [0, 0.05) is 23.5 Å². The van der Waals surface area contributed by atoms with Crippen LogP contribution in [0.25, 0.3) is 0 Å². The number of aryl methyl sites for hydroxylation is 1.